The summed E-state index contributed by atoms with van der Waals surface area (Å²) >= 11 is 0. The lowest BCUT2D eigenvalue weighted by atomic mass is 10.0. The molecule has 1 aliphatic rings. The van der Waals surface area contributed by atoms with E-state index in [1.165, 1.54) is 6.92 Å². The highest BCUT2D eigenvalue weighted by Crippen LogP contribution is 2.34. The van der Waals surface area contributed by atoms with Crippen molar-refractivity contribution in [2.45, 2.75) is 39.3 Å². The highest BCUT2D eigenvalue weighted by Gasteiger charge is 2.33. The Morgan fingerprint density at radius 3 is 2.80 bits per heavy atom. The summed E-state index contributed by atoms with van der Waals surface area (Å²) in [6.07, 6.45) is 1.80. The standard InChI is InChI=1S/C20H23NO4/c1-13-6-7-15(11-17(13)14(2)22)20(23)21-10-4-5-18(21)19-9-8-16(25-19)12-24-3/h6-9,11,18H,4-5,10,12H2,1-3H3. The summed E-state index contributed by atoms with van der Waals surface area (Å²) in [6, 6.07) is 9.06. The van der Waals surface area contributed by atoms with E-state index in [9.17, 15) is 9.59 Å². The molecular weight excluding hydrogens is 318 g/mol. The monoisotopic (exact) mass is 341 g/mol. The SMILES string of the molecule is COCc1ccc(C2CCCN2C(=O)c2ccc(C)c(C(C)=O)c2)o1. The quantitative estimate of drug-likeness (QED) is 0.774. The number of carbonyl (C=O) groups is 2. The van der Waals surface area contributed by atoms with Gasteiger partial charge in [-0.15, -0.1) is 0 Å². The zero-order chi connectivity index (χ0) is 18.0. The van der Waals surface area contributed by atoms with E-state index in [1.54, 1.807) is 19.2 Å². The van der Waals surface area contributed by atoms with E-state index in [2.05, 4.69) is 0 Å². The van der Waals surface area contributed by atoms with E-state index in [0.717, 1.165) is 29.9 Å². The number of benzene rings is 1. The van der Waals surface area contributed by atoms with Gasteiger partial charge in [0.25, 0.3) is 5.91 Å². The third kappa shape index (κ3) is 3.51. The molecule has 2 aromatic rings. The summed E-state index contributed by atoms with van der Waals surface area (Å²) in [5.41, 5.74) is 2.03. The maximum absolute atomic E-state index is 13.0. The fourth-order valence-corrected chi connectivity index (χ4v) is 3.40. The van der Waals surface area contributed by atoms with Crippen LogP contribution in [0.4, 0.5) is 0 Å². The largest absolute Gasteiger partial charge is 0.461 e. The first kappa shape index (κ1) is 17.4. The number of ketones is 1. The summed E-state index contributed by atoms with van der Waals surface area (Å²) in [5.74, 6) is 1.46. The van der Waals surface area contributed by atoms with Crippen LogP contribution in [0.3, 0.4) is 0 Å². The molecule has 1 amide bonds. The van der Waals surface area contributed by atoms with Crippen molar-refractivity contribution in [3.05, 3.63) is 58.5 Å². The predicted molar refractivity (Wildman–Crippen MR) is 93.6 cm³/mol. The highest BCUT2D eigenvalue weighted by molar-refractivity contribution is 6.00. The molecule has 0 N–H and O–H groups in total. The molecule has 1 aromatic heterocycles. The number of Topliss-reactive ketones (excluding diaryl/α,β-unsaturated/α-hetero) is 1. The van der Waals surface area contributed by atoms with Crippen molar-refractivity contribution < 1.29 is 18.7 Å². The van der Waals surface area contributed by atoms with Crippen LogP contribution in [-0.2, 0) is 11.3 Å². The van der Waals surface area contributed by atoms with Crippen LogP contribution in [-0.4, -0.2) is 30.2 Å². The Morgan fingerprint density at radius 1 is 1.28 bits per heavy atom. The van der Waals surface area contributed by atoms with Crippen LogP contribution < -0.4 is 0 Å². The number of rotatable bonds is 5. The molecule has 1 atom stereocenters. The van der Waals surface area contributed by atoms with Gasteiger partial charge in [0.2, 0.25) is 0 Å². The number of methoxy groups -OCH3 is 1. The van der Waals surface area contributed by atoms with Gasteiger partial charge >= 0.3 is 0 Å². The van der Waals surface area contributed by atoms with Crippen molar-refractivity contribution in [1.82, 2.24) is 4.90 Å². The Bertz CT molecular complexity index is 793. The summed E-state index contributed by atoms with van der Waals surface area (Å²) in [7, 11) is 1.62. The molecule has 0 spiro atoms. The number of carbonyl (C=O) groups excluding carboxylic acids is 2. The van der Waals surface area contributed by atoms with E-state index in [4.69, 9.17) is 9.15 Å². The molecule has 1 unspecified atom stereocenters. The van der Waals surface area contributed by atoms with Crippen LogP contribution in [0.25, 0.3) is 0 Å². The lowest BCUT2D eigenvalue weighted by Crippen LogP contribution is -2.30. The smallest absolute Gasteiger partial charge is 0.254 e. The molecule has 0 bridgehead atoms. The van der Waals surface area contributed by atoms with Gasteiger partial charge in [0.1, 0.15) is 18.1 Å². The number of hydrogen-bond donors (Lipinski definition) is 0. The summed E-state index contributed by atoms with van der Waals surface area (Å²) < 4.78 is 10.9. The van der Waals surface area contributed by atoms with Gasteiger partial charge in [-0.25, -0.2) is 0 Å². The Kier molecular flexibility index (Phi) is 5.04. The molecule has 0 saturated carbocycles. The maximum atomic E-state index is 13.0. The first-order valence-electron chi connectivity index (χ1n) is 8.51. The summed E-state index contributed by atoms with van der Waals surface area (Å²) in [5, 5.41) is 0. The van der Waals surface area contributed by atoms with Crippen LogP contribution in [0.5, 0.6) is 0 Å². The van der Waals surface area contributed by atoms with E-state index in [-0.39, 0.29) is 17.7 Å². The molecule has 5 heteroatoms. The average Bonchev–Trinajstić information content (AvgIpc) is 3.23. The first-order chi connectivity index (χ1) is 12.0. The van der Waals surface area contributed by atoms with Gasteiger partial charge < -0.3 is 14.1 Å². The second kappa shape index (κ2) is 7.23. The molecule has 25 heavy (non-hydrogen) atoms. The lowest BCUT2D eigenvalue weighted by molar-refractivity contribution is 0.0716. The van der Waals surface area contributed by atoms with E-state index in [0.29, 0.717) is 24.3 Å². The molecule has 0 aliphatic carbocycles. The Morgan fingerprint density at radius 2 is 2.08 bits per heavy atom. The molecule has 1 aromatic carbocycles. The number of likely N-dealkylation sites (tertiary alicyclic amines) is 1. The molecular formula is C20H23NO4. The summed E-state index contributed by atoms with van der Waals surface area (Å²) in [4.78, 5) is 26.6. The number of nitrogens with zero attached hydrogens (tertiary/aromatic N) is 1. The van der Waals surface area contributed by atoms with Gasteiger partial charge in [0.05, 0.1) is 6.04 Å². The highest BCUT2D eigenvalue weighted by atomic mass is 16.5. The minimum Gasteiger partial charge on any atom is -0.461 e. The Balaban J connectivity index is 1.85. The van der Waals surface area contributed by atoms with Crippen molar-refractivity contribution in [3.8, 4) is 0 Å². The molecule has 3 rings (SSSR count). The van der Waals surface area contributed by atoms with Crippen LogP contribution in [0, 0.1) is 6.92 Å². The third-order valence-corrected chi connectivity index (χ3v) is 4.67. The maximum Gasteiger partial charge on any atom is 0.254 e. The minimum absolute atomic E-state index is 0.0274. The fourth-order valence-electron chi connectivity index (χ4n) is 3.40. The lowest BCUT2D eigenvalue weighted by Gasteiger charge is -2.23. The molecule has 1 fully saturated rings. The number of hydrogen-bond acceptors (Lipinski definition) is 4. The number of amides is 1. The van der Waals surface area contributed by atoms with E-state index in [1.807, 2.05) is 30.0 Å². The van der Waals surface area contributed by atoms with E-state index < -0.39 is 0 Å². The van der Waals surface area contributed by atoms with E-state index >= 15 is 0 Å². The Labute approximate surface area is 147 Å². The van der Waals surface area contributed by atoms with Crippen LogP contribution in [0.1, 0.15) is 63.6 Å². The van der Waals surface area contributed by atoms with Crippen LogP contribution in [0.15, 0.2) is 34.7 Å². The molecule has 5 nitrogen and oxygen atoms in total. The Hall–Kier alpha value is -2.40. The predicted octanol–water partition coefficient (Wildman–Crippen LogP) is 3.91. The zero-order valence-electron chi connectivity index (χ0n) is 14.9. The van der Waals surface area contributed by atoms with Gasteiger partial charge in [-0.3, -0.25) is 9.59 Å². The van der Waals surface area contributed by atoms with Gasteiger partial charge in [-0.1, -0.05) is 6.07 Å². The molecule has 1 saturated heterocycles. The summed E-state index contributed by atoms with van der Waals surface area (Å²) in [6.45, 7) is 4.51. The minimum atomic E-state index is -0.0693. The number of aryl methyl sites for hydroxylation is 1. The average molecular weight is 341 g/mol. The van der Waals surface area contributed by atoms with Gasteiger partial charge in [0.15, 0.2) is 5.78 Å². The normalized spacial score (nSPS) is 17.1. The second-order valence-corrected chi connectivity index (χ2v) is 6.48. The van der Waals surface area contributed by atoms with Gasteiger partial charge in [-0.2, -0.15) is 0 Å². The van der Waals surface area contributed by atoms with Crippen LogP contribution >= 0.6 is 0 Å². The van der Waals surface area contributed by atoms with Gasteiger partial charge in [-0.05, 0) is 56.5 Å². The van der Waals surface area contributed by atoms with Gasteiger partial charge in [0, 0.05) is 24.8 Å². The van der Waals surface area contributed by atoms with Crippen LogP contribution in [0.2, 0.25) is 0 Å². The fraction of sp³-hybridized carbons (Fsp3) is 0.400. The van der Waals surface area contributed by atoms with Crippen molar-refractivity contribution in [2.24, 2.45) is 0 Å². The molecule has 0 radical (unpaired) electrons. The topological polar surface area (TPSA) is 59.8 Å². The van der Waals surface area contributed by atoms with Crippen molar-refractivity contribution in [1.29, 1.82) is 0 Å². The van der Waals surface area contributed by atoms with Crippen molar-refractivity contribution >= 4 is 11.7 Å². The van der Waals surface area contributed by atoms with Crippen molar-refractivity contribution in [3.63, 3.8) is 0 Å². The number of ether oxygens (including phenoxy) is 1. The molecule has 1 aliphatic heterocycles. The second-order valence-electron chi connectivity index (χ2n) is 6.48. The number of furan rings is 1. The molecule has 2 heterocycles. The first-order valence-corrected chi connectivity index (χ1v) is 8.51. The molecule has 132 valence electrons. The third-order valence-electron chi connectivity index (χ3n) is 4.67. The van der Waals surface area contributed by atoms with Crippen molar-refractivity contribution in [2.75, 3.05) is 13.7 Å². The zero-order valence-corrected chi connectivity index (χ0v) is 14.9.